The van der Waals surface area contributed by atoms with Crippen molar-refractivity contribution in [2.45, 2.75) is 69.9 Å². The van der Waals surface area contributed by atoms with Gasteiger partial charge < -0.3 is 30.8 Å². The number of unbranched alkanes of at least 4 members (excludes halogenated alkanes) is 4. The van der Waals surface area contributed by atoms with E-state index in [4.69, 9.17) is 5.11 Å². The minimum Gasteiger partial charge on any atom is -0.394 e. The average molecular weight is 355 g/mol. The summed E-state index contributed by atoms with van der Waals surface area (Å²) in [6, 6.07) is 0. The molecule has 0 saturated carbocycles. The SMILES string of the molecule is CCCCC#CC#CCCCCNC(=O)[C@H](O)[C@H](O)[C@@H](O)[C@H](O)CO. The molecular weight excluding hydrogens is 326 g/mol. The minimum absolute atomic E-state index is 0.283. The van der Waals surface area contributed by atoms with Gasteiger partial charge in [0, 0.05) is 19.4 Å². The molecule has 1 amide bonds. The van der Waals surface area contributed by atoms with Gasteiger partial charge in [0.1, 0.15) is 18.3 Å². The summed E-state index contributed by atoms with van der Waals surface area (Å²) in [5, 5.41) is 48.9. The van der Waals surface area contributed by atoms with Crippen LogP contribution in [0.3, 0.4) is 0 Å². The number of rotatable bonds is 11. The molecule has 0 aromatic carbocycles. The molecule has 0 aromatic heterocycles. The highest BCUT2D eigenvalue weighted by atomic mass is 16.4. The van der Waals surface area contributed by atoms with E-state index in [1.54, 1.807) is 0 Å². The molecule has 0 aromatic rings. The van der Waals surface area contributed by atoms with Crippen LogP contribution in [-0.2, 0) is 4.79 Å². The number of carbonyl (C=O) groups excluding carboxylic acids is 1. The van der Waals surface area contributed by atoms with Crippen LogP contribution in [0, 0.1) is 23.7 Å². The molecule has 6 N–H and O–H groups in total. The first kappa shape index (κ1) is 23.4. The van der Waals surface area contributed by atoms with Crippen molar-refractivity contribution in [3.05, 3.63) is 0 Å². The summed E-state index contributed by atoms with van der Waals surface area (Å²) in [7, 11) is 0. The van der Waals surface area contributed by atoms with Crippen molar-refractivity contribution in [2.24, 2.45) is 0 Å². The van der Waals surface area contributed by atoms with Gasteiger partial charge in [-0.3, -0.25) is 4.79 Å². The summed E-state index contributed by atoms with van der Waals surface area (Å²) in [4.78, 5) is 11.6. The monoisotopic (exact) mass is 355 g/mol. The second kappa shape index (κ2) is 14.7. The third-order valence-electron chi connectivity index (χ3n) is 3.45. The fourth-order valence-corrected chi connectivity index (χ4v) is 1.81. The zero-order chi connectivity index (χ0) is 19.1. The zero-order valence-electron chi connectivity index (χ0n) is 14.6. The molecule has 4 atom stereocenters. The predicted molar refractivity (Wildman–Crippen MR) is 93.1 cm³/mol. The van der Waals surface area contributed by atoms with Crippen molar-refractivity contribution < 1.29 is 30.3 Å². The molecule has 25 heavy (non-hydrogen) atoms. The molecule has 0 fully saturated rings. The Morgan fingerprint density at radius 1 is 0.960 bits per heavy atom. The van der Waals surface area contributed by atoms with E-state index in [-0.39, 0.29) is 6.54 Å². The Morgan fingerprint density at radius 3 is 2.12 bits per heavy atom. The number of hydrogen-bond donors (Lipinski definition) is 6. The van der Waals surface area contributed by atoms with Gasteiger partial charge in [-0.05, 0) is 31.1 Å². The van der Waals surface area contributed by atoms with E-state index in [1.807, 2.05) is 0 Å². The van der Waals surface area contributed by atoms with Crippen LogP contribution in [-0.4, -0.2) is 69.0 Å². The van der Waals surface area contributed by atoms with E-state index >= 15 is 0 Å². The van der Waals surface area contributed by atoms with Crippen molar-refractivity contribution in [3.8, 4) is 23.7 Å². The van der Waals surface area contributed by atoms with Crippen molar-refractivity contribution in [3.63, 3.8) is 0 Å². The molecule has 0 radical (unpaired) electrons. The maximum absolute atomic E-state index is 11.6. The Bertz CT molecular complexity index is 487. The molecule has 0 heterocycles. The molecule has 142 valence electrons. The molecule has 7 nitrogen and oxygen atoms in total. The highest BCUT2D eigenvalue weighted by Gasteiger charge is 2.33. The average Bonchev–Trinajstić information content (AvgIpc) is 2.63. The molecule has 0 aliphatic heterocycles. The lowest BCUT2D eigenvalue weighted by Crippen LogP contribution is -2.51. The van der Waals surface area contributed by atoms with Crippen molar-refractivity contribution in [2.75, 3.05) is 13.2 Å². The lowest BCUT2D eigenvalue weighted by molar-refractivity contribution is -0.148. The van der Waals surface area contributed by atoms with Gasteiger partial charge >= 0.3 is 0 Å². The Morgan fingerprint density at radius 2 is 1.56 bits per heavy atom. The highest BCUT2D eigenvalue weighted by molar-refractivity contribution is 5.81. The highest BCUT2D eigenvalue weighted by Crippen LogP contribution is 2.05. The summed E-state index contributed by atoms with van der Waals surface area (Å²) >= 11 is 0. The number of amides is 1. The summed E-state index contributed by atoms with van der Waals surface area (Å²) in [5.74, 6) is 10.6. The fraction of sp³-hybridized carbons (Fsp3) is 0.722. The largest absolute Gasteiger partial charge is 0.394 e. The Balaban J connectivity index is 3.92. The molecule has 0 aliphatic rings. The second-order valence-corrected chi connectivity index (χ2v) is 5.63. The molecule has 0 bridgehead atoms. The zero-order valence-corrected chi connectivity index (χ0v) is 14.6. The van der Waals surface area contributed by atoms with Crippen LogP contribution in [0.25, 0.3) is 0 Å². The summed E-state index contributed by atoms with van der Waals surface area (Å²) in [5.41, 5.74) is 0. The molecule has 7 heteroatoms. The van der Waals surface area contributed by atoms with Crippen molar-refractivity contribution >= 4 is 5.91 Å². The van der Waals surface area contributed by atoms with Crippen LogP contribution in [0.5, 0.6) is 0 Å². The third-order valence-corrected chi connectivity index (χ3v) is 3.45. The number of aliphatic hydroxyl groups excluding tert-OH is 5. The van der Waals surface area contributed by atoms with Gasteiger partial charge in [-0.2, -0.15) is 0 Å². The van der Waals surface area contributed by atoms with Crippen LogP contribution >= 0.6 is 0 Å². The lowest BCUT2D eigenvalue weighted by Gasteiger charge is -2.24. The summed E-state index contributed by atoms with van der Waals surface area (Å²) in [6.07, 6.45) is -2.18. The minimum atomic E-state index is -1.89. The molecule has 0 saturated heterocycles. The number of aliphatic hydroxyl groups is 5. The summed E-state index contributed by atoms with van der Waals surface area (Å²) in [6.45, 7) is 1.59. The Hall–Kier alpha value is -1.61. The van der Waals surface area contributed by atoms with Crippen molar-refractivity contribution in [1.82, 2.24) is 5.32 Å². The quantitative estimate of drug-likeness (QED) is 0.206. The molecule has 0 aliphatic carbocycles. The van der Waals surface area contributed by atoms with E-state index in [2.05, 4.69) is 35.9 Å². The Kier molecular flexibility index (Phi) is 13.8. The van der Waals surface area contributed by atoms with Gasteiger partial charge in [0.25, 0.3) is 5.91 Å². The predicted octanol–water partition coefficient (Wildman–Crippen LogP) is -1.09. The van der Waals surface area contributed by atoms with E-state index in [0.29, 0.717) is 12.8 Å². The van der Waals surface area contributed by atoms with Crippen LogP contribution < -0.4 is 5.32 Å². The van der Waals surface area contributed by atoms with Crippen LogP contribution in [0.4, 0.5) is 0 Å². The number of carbonyl (C=O) groups is 1. The number of nitrogens with one attached hydrogen (secondary N) is 1. The Labute approximate surface area is 149 Å². The van der Waals surface area contributed by atoms with Gasteiger partial charge in [0.05, 0.1) is 6.61 Å². The van der Waals surface area contributed by atoms with Gasteiger partial charge in [-0.15, -0.1) is 0 Å². The van der Waals surface area contributed by atoms with E-state index in [9.17, 15) is 25.2 Å². The summed E-state index contributed by atoms with van der Waals surface area (Å²) < 4.78 is 0. The second-order valence-electron chi connectivity index (χ2n) is 5.63. The van der Waals surface area contributed by atoms with E-state index in [1.165, 1.54) is 0 Å². The maximum Gasteiger partial charge on any atom is 0.251 e. The van der Waals surface area contributed by atoms with E-state index < -0.39 is 36.9 Å². The molecule has 0 unspecified atom stereocenters. The van der Waals surface area contributed by atoms with Gasteiger partial charge in [0.15, 0.2) is 6.10 Å². The fourth-order valence-electron chi connectivity index (χ4n) is 1.81. The topological polar surface area (TPSA) is 130 Å². The molecular formula is C18H29NO6. The standard InChI is InChI=1S/C18H29NO6/c1-2-3-4-5-6-7-8-9-10-11-12-19-18(25)17(24)16(23)15(22)14(21)13-20/h14-17,20-24H,2-4,9-13H2,1H3,(H,19,25)/t14-,15+,16-,17-/m1/s1. The van der Waals surface area contributed by atoms with E-state index in [0.717, 1.165) is 25.7 Å². The normalized spacial score (nSPS) is 15.0. The van der Waals surface area contributed by atoms with Crippen LogP contribution in [0.15, 0.2) is 0 Å². The van der Waals surface area contributed by atoms with Crippen molar-refractivity contribution in [1.29, 1.82) is 0 Å². The smallest absolute Gasteiger partial charge is 0.251 e. The maximum atomic E-state index is 11.6. The first-order chi connectivity index (χ1) is 12.0. The van der Waals surface area contributed by atoms with Gasteiger partial charge in [-0.25, -0.2) is 0 Å². The molecule has 0 rings (SSSR count). The van der Waals surface area contributed by atoms with Gasteiger partial charge in [0.2, 0.25) is 0 Å². The number of hydrogen-bond acceptors (Lipinski definition) is 6. The molecule has 0 spiro atoms. The van der Waals surface area contributed by atoms with Crippen LogP contribution in [0.2, 0.25) is 0 Å². The lowest BCUT2D eigenvalue weighted by atomic mass is 10.0. The first-order valence-corrected chi connectivity index (χ1v) is 8.52. The van der Waals surface area contributed by atoms with Gasteiger partial charge in [-0.1, -0.05) is 25.2 Å². The third kappa shape index (κ3) is 10.8. The first-order valence-electron chi connectivity index (χ1n) is 8.52. The van der Waals surface area contributed by atoms with Crippen LogP contribution in [0.1, 0.15) is 45.4 Å².